The summed E-state index contributed by atoms with van der Waals surface area (Å²) in [6.45, 7) is 4.61. The van der Waals surface area contributed by atoms with Crippen molar-refractivity contribution in [3.05, 3.63) is 47.8 Å². The Bertz CT molecular complexity index is 795. The number of hydrogen-bond acceptors (Lipinski definition) is 2. The maximum absolute atomic E-state index is 4.81. The van der Waals surface area contributed by atoms with Gasteiger partial charge in [0.15, 0.2) is 5.82 Å². The Kier molecular flexibility index (Phi) is 12.7. The summed E-state index contributed by atoms with van der Waals surface area (Å²) >= 11 is 0. The molecule has 1 aromatic carbocycles. The van der Waals surface area contributed by atoms with Crippen LogP contribution in [0.3, 0.4) is 0 Å². The predicted molar refractivity (Wildman–Crippen MR) is 164 cm³/mol. The summed E-state index contributed by atoms with van der Waals surface area (Å²) in [7, 11) is 0. The van der Waals surface area contributed by atoms with E-state index in [0.717, 1.165) is 29.1 Å². The molecule has 0 atom stereocenters. The zero-order chi connectivity index (χ0) is 26.4. The topological polar surface area (TPSA) is 25.8 Å². The van der Waals surface area contributed by atoms with Crippen LogP contribution >= 0.6 is 0 Å². The van der Waals surface area contributed by atoms with Crippen LogP contribution in [0.1, 0.15) is 165 Å². The summed E-state index contributed by atoms with van der Waals surface area (Å²) in [6, 6.07) is 9.23. The van der Waals surface area contributed by atoms with E-state index < -0.39 is 0 Å². The molecule has 0 saturated heterocycles. The SMILES string of the molecule is CCCCCCC[C@H]1CC[C@H](c2ccc(-c3ncc([C@H]4CC[C@H](CCCCCCC)CC4)cn3)cc2)CC1. The third-order valence-corrected chi connectivity index (χ3v) is 9.91. The maximum atomic E-state index is 4.81. The Morgan fingerprint density at radius 3 is 1.45 bits per heavy atom. The van der Waals surface area contributed by atoms with Crippen LogP contribution in [-0.4, -0.2) is 9.97 Å². The molecule has 1 heterocycles. The van der Waals surface area contributed by atoms with Crippen LogP contribution in [0.25, 0.3) is 11.4 Å². The highest BCUT2D eigenvalue weighted by Crippen LogP contribution is 2.39. The first-order chi connectivity index (χ1) is 18.8. The van der Waals surface area contributed by atoms with Crippen molar-refractivity contribution in [2.24, 2.45) is 11.8 Å². The fourth-order valence-electron chi connectivity index (χ4n) is 7.24. The quantitative estimate of drug-likeness (QED) is 0.220. The van der Waals surface area contributed by atoms with Crippen LogP contribution in [0, 0.1) is 11.8 Å². The molecule has 1 aromatic heterocycles. The third-order valence-electron chi connectivity index (χ3n) is 9.91. The molecule has 2 aromatic rings. The monoisotopic (exact) mass is 516 g/mol. The van der Waals surface area contributed by atoms with Crippen molar-refractivity contribution in [2.45, 2.75) is 154 Å². The van der Waals surface area contributed by atoms with E-state index in [1.165, 1.54) is 140 Å². The van der Waals surface area contributed by atoms with E-state index >= 15 is 0 Å². The molecule has 0 aliphatic heterocycles. The van der Waals surface area contributed by atoms with E-state index in [4.69, 9.17) is 9.97 Å². The highest BCUT2D eigenvalue weighted by atomic mass is 14.9. The van der Waals surface area contributed by atoms with Crippen LogP contribution < -0.4 is 0 Å². The lowest BCUT2D eigenvalue weighted by Gasteiger charge is -2.29. The van der Waals surface area contributed by atoms with Crippen molar-refractivity contribution >= 4 is 0 Å². The smallest absolute Gasteiger partial charge is 0.159 e. The van der Waals surface area contributed by atoms with Crippen molar-refractivity contribution in [2.75, 3.05) is 0 Å². The van der Waals surface area contributed by atoms with Crippen LogP contribution in [0.15, 0.2) is 36.7 Å². The Balaban J connectivity index is 1.18. The molecule has 2 saturated carbocycles. The Hall–Kier alpha value is -1.70. The Morgan fingerprint density at radius 1 is 0.526 bits per heavy atom. The molecule has 2 aliphatic rings. The first kappa shape index (κ1) is 29.3. The fourth-order valence-corrected chi connectivity index (χ4v) is 7.24. The van der Waals surface area contributed by atoms with Gasteiger partial charge in [-0.3, -0.25) is 0 Å². The van der Waals surface area contributed by atoms with Gasteiger partial charge < -0.3 is 0 Å². The van der Waals surface area contributed by atoms with Crippen molar-refractivity contribution < 1.29 is 0 Å². The molecule has 0 unspecified atom stereocenters. The molecule has 0 amide bonds. The standard InChI is InChI=1S/C36H56N2/c1-3-5-7-9-11-13-29-15-19-31(20-16-29)32-23-25-34(26-24-32)36-37-27-35(28-38-36)33-21-17-30(18-22-33)14-12-10-8-6-4-2/h23-31,33H,3-22H2,1-2H3/t29-,30-,31-,33-. The summed E-state index contributed by atoms with van der Waals surface area (Å²) in [5.41, 5.74) is 4.04. The van der Waals surface area contributed by atoms with Crippen molar-refractivity contribution in [1.82, 2.24) is 9.97 Å². The van der Waals surface area contributed by atoms with E-state index in [1.54, 1.807) is 0 Å². The van der Waals surface area contributed by atoms with Gasteiger partial charge in [-0.1, -0.05) is 115 Å². The molecule has 0 N–H and O–H groups in total. The van der Waals surface area contributed by atoms with E-state index in [9.17, 15) is 0 Å². The molecular weight excluding hydrogens is 460 g/mol. The van der Waals surface area contributed by atoms with Gasteiger partial charge in [-0.05, 0) is 86.2 Å². The average molecular weight is 517 g/mol. The maximum Gasteiger partial charge on any atom is 0.159 e. The minimum atomic E-state index is 0.661. The van der Waals surface area contributed by atoms with Crippen molar-refractivity contribution in [3.63, 3.8) is 0 Å². The summed E-state index contributed by atoms with van der Waals surface area (Å²) < 4.78 is 0. The first-order valence-corrected chi connectivity index (χ1v) is 16.7. The van der Waals surface area contributed by atoms with Crippen molar-refractivity contribution in [3.8, 4) is 11.4 Å². The van der Waals surface area contributed by atoms with Gasteiger partial charge in [-0.25, -0.2) is 9.97 Å². The van der Waals surface area contributed by atoms with E-state index in [-0.39, 0.29) is 0 Å². The van der Waals surface area contributed by atoms with Gasteiger partial charge in [0.05, 0.1) is 0 Å². The molecule has 2 aliphatic carbocycles. The second-order valence-corrected chi connectivity index (χ2v) is 12.8. The Morgan fingerprint density at radius 2 is 0.974 bits per heavy atom. The van der Waals surface area contributed by atoms with Gasteiger partial charge in [-0.15, -0.1) is 0 Å². The number of aromatic nitrogens is 2. The van der Waals surface area contributed by atoms with E-state index in [1.807, 2.05) is 0 Å². The van der Waals surface area contributed by atoms with Gasteiger partial charge in [0.1, 0.15) is 0 Å². The second kappa shape index (κ2) is 16.4. The predicted octanol–water partition coefficient (Wildman–Crippen LogP) is 11.4. The molecule has 38 heavy (non-hydrogen) atoms. The normalized spacial score (nSPS) is 23.9. The van der Waals surface area contributed by atoms with Gasteiger partial charge in [0.25, 0.3) is 0 Å². The van der Waals surface area contributed by atoms with E-state index in [2.05, 4.69) is 50.5 Å². The van der Waals surface area contributed by atoms with Crippen LogP contribution in [0.2, 0.25) is 0 Å². The second-order valence-electron chi connectivity index (χ2n) is 12.8. The minimum Gasteiger partial charge on any atom is -0.236 e. The fraction of sp³-hybridized carbons (Fsp3) is 0.722. The first-order valence-electron chi connectivity index (χ1n) is 16.7. The molecule has 210 valence electrons. The molecule has 2 nitrogen and oxygen atoms in total. The molecule has 0 spiro atoms. The molecule has 0 bridgehead atoms. The average Bonchev–Trinajstić information content (AvgIpc) is 2.98. The highest BCUT2D eigenvalue weighted by molar-refractivity contribution is 5.55. The molecule has 0 radical (unpaired) electrons. The number of hydrogen-bond donors (Lipinski definition) is 0. The molecule has 4 rings (SSSR count). The molecule has 2 heteroatoms. The number of nitrogens with zero attached hydrogens (tertiary/aromatic N) is 2. The highest BCUT2D eigenvalue weighted by Gasteiger charge is 2.24. The van der Waals surface area contributed by atoms with Gasteiger partial charge >= 0.3 is 0 Å². The van der Waals surface area contributed by atoms with Gasteiger partial charge in [0, 0.05) is 18.0 Å². The molecule has 2 fully saturated rings. The minimum absolute atomic E-state index is 0.661. The van der Waals surface area contributed by atoms with E-state index in [0.29, 0.717) is 5.92 Å². The summed E-state index contributed by atoms with van der Waals surface area (Å²) in [5, 5.41) is 0. The summed E-state index contributed by atoms with van der Waals surface area (Å²) in [6.07, 6.45) is 32.3. The third kappa shape index (κ3) is 9.20. The van der Waals surface area contributed by atoms with Gasteiger partial charge in [0.2, 0.25) is 0 Å². The van der Waals surface area contributed by atoms with Crippen LogP contribution in [0.5, 0.6) is 0 Å². The summed E-state index contributed by atoms with van der Waals surface area (Å²) in [4.78, 5) is 9.62. The largest absolute Gasteiger partial charge is 0.236 e. The number of unbranched alkanes of at least 4 members (excludes halogenated alkanes) is 8. The number of benzene rings is 1. The lowest BCUT2D eigenvalue weighted by molar-refractivity contribution is 0.301. The summed E-state index contributed by atoms with van der Waals surface area (Å²) in [5.74, 6) is 4.22. The zero-order valence-corrected chi connectivity index (χ0v) is 24.8. The molecular formula is C36H56N2. The van der Waals surface area contributed by atoms with Gasteiger partial charge in [-0.2, -0.15) is 0 Å². The zero-order valence-electron chi connectivity index (χ0n) is 24.8. The lowest BCUT2D eigenvalue weighted by Crippen LogP contribution is -2.14. The van der Waals surface area contributed by atoms with Crippen LogP contribution in [0.4, 0.5) is 0 Å². The lowest BCUT2D eigenvalue weighted by atomic mass is 9.77. The van der Waals surface area contributed by atoms with Crippen molar-refractivity contribution in [1.29, 1.82) is 0 Å². The Labute approximate surface area is 234 Å². The number of rotatable bonds is 15. The van der Waals surface area contributed by atoms with Crippen LogP contribution in [-0.2, 0) is 0 Å².